The number of amides is 1. The summed E-state index contributed by atoms with van der Waals surface area (Å²) >= 11 is 0. The van der Waals surface area contributed by atoms with Crippen LogP contribution in [0.1, 0.15) is 44.1 Å². The lowest BCUT2D eigenvalue weighted by molar-refractivity contribution is 0.0810. The van der Waals surface area contributed by atoms with Crippen LogP contribution in [-0.4, -0.2) is 45.7 Å². The Balaban J connectivity index is 1.64. The highest BCUT2D eigenvalue weighted by atomic mass is 16.2. The van der Waals surface area contributed by atoms with Crippen molar-refractivity contribution < 1.29 is 4.79 Å². The number of H-pyrrole nitrogens is 1. The van der Waals surface area contributed by atoms with Gasteiger partial charge in [0.25, 0.3) is 5.91 Å². The zero-order valence-corrected chi connectivity index (χ0v) is 13.5. The predicted molar refractivity (Wildman–Crippen MR) is 87.9 cm³/mol. The highest BCUT2D eigenvalue weighted by molar-refractivity contribution is 6.04. The standard InChI is InChI=1S/C17H24N4O/c1-17(2,3)21-10-8-12(9-11-21)18-16(22)15-13-6-4-5-7-14(13)19-20-15/h4-7,12H,8-11H2,1-3H3,(H,18,22)(H,19,20). The fourth-order valence-corrected chi connectivity index (χ4v) is 3.08. The van der Waals surface area contributed by atoms with Gasteiger partial charge in [0.1, 0.15) is 0 Å². The molecule has 1 saturated heterocycles. The molecule has 22 heavy (non-hydrogen) atoms. The van der Waals surface area contributed by atoms with E-state index >= 15 is 0 Å². The average molecular weight is 300 g/mol. The molecule has 0 saturated carbocycles. The molecule has 1 aliphatic rings. The maximum Gasteiger partial charge on any atom is 0.272 e. The van der Waals surface area contributed by atoms with Gasteiger partial charge in [0.2, 0.25) is 0 Å². The van der Waals surface area contributed by atoms with E-state index in [9.17, 15) is 4.79 Å². The van der Waals surface area contributed by atoms with Crippen molar-refractivity contribution in [2.24, 2.45) is 0 Å². The Morgan fingerprint density at radius 2 is 1.95 bits per heavy atom. The zero-order chi connectivity index (χ0) is 15.7. The maximum atomic E-state index is 12.5. The number of para-hydroxylation sites is 1. The van der Waals surface area contributed by atoms with Crippen molar-refractivity contribution in [1.29, 1.82) is 0 Å². The van der Waals surface area contributed by atoms with Crippen molar-refractivity contribution in [3.8, 4) is 0 Å². The molecule has 2 N–H and O–H groups in total. The van der Waals surface area contributed by atoms with Gasteiger partial charge in [-0.25, -0.2) is 0 Å². The number of fused-ring (bicyclic) bond motifs is 1. The van der Waals surface area contributed by atoms with Crippen LogP contribution in [0, 0.1) is 0 Å². The maximum absolute atomic E-state index is 12.5. The van der Waals surface area contributed by atoms with Gasteiger partial charge in [-0.1, -0.05) is 18.2 Å². The van der Waals surface area contributed by atoms with Gasteiger partial charge in [0.15, 0.2) is 5.69 Å². The lowest BCUT2D eigenvalue weighted by Gasteiger charge is -2.40. The van der Waals surface area contributed by atoms with E-state index in [1.165, 1.54) is 0 Å². The number of nitrogens with one attached hydrogen (secondary N) is 2. The molecule has 5 nitrogen and oxygen atoms in total. The first kappa shape index (κ1) is 15.0. The van der Waals surface area contributed by atoms with Gasteiger partial charge in [0, 0.05) is 30.1 Å². The highest BCUT2D eigenvalue weighted by Crippen LogP contribution is 2.21. The zero-order valence-electron chi connectivity index (χ0n) is 13.5. The van der Waals surface area contributed by atoms with Crippen LogP contribution >= 0.6 is 0 Å². The first-order valence-corrected chi connectivity index (χ1v) is 7.94. The first-order chi connectivity index (χ1) is 10.4. The number of aromatic nitrogens is 2. The molecular formula is C17H24N4O. The van der Waals surface area contributed by atoms with Crippen LogP contribution in [0.2, 0.25) is 0 Å². The summed E-state index contributed by atoms with van der Waals surface area (Å²) in [6.45, 7) is 8.76. The molecule has 2 aromatic rings. The molecular weight excluding hydrogens is 276 g/mol. The number of carbonyl (C=O) groups excluding carboxylic acids is 1. The normalized spacial score (nSPS) is 17.8. The molecule has 0 atom stereocenters. The Bertz CT molecular complexity index is 663. The van der Waals surface area contributed by atoms with Crippen LogP contribution in [0.5, 0.6) is 0 Å². The van der Waals surface area contributed by atoms with Gasteiger partial charge in [-0.3, -0.25) is 14.8 Å². The largest absolute Gasteiger partial charge is 0.348 e. The fourth-order valence-electron chi connectivity index (χ4n) is 3.08. The number of piperidine rings is 1. The molecule has 0 radical (unpaired) electrons. The lowest BCUT2D eigenvalue weighted by atomic mass is 9.98. The second-order valence-corrected chi connectivity index (χ2v) is 7.02. The molecule has 3 rings (SSSR count). The van der Waals surface area contributed by atoms with Crippen LogP contribution in [0.15, 0.2) is 24.3 Å². The first-order valence-electron chi connectivity index (χ1n) is 7.94. The number of hydrogen-bond donors (Lipinski definition) is 2. The second kappa shape index (κ2) is 5.72. The molecule has 1 aromatic heterocycles. The number of likely N-dealkylation sites (tertiary alicyclic amines) is 1. The number of aromatic amines is 1. The van der Waals surface area contributed by atoms with Crippen LogP contribution in [-0.2, 0) is 0 Å². The lowest BCUT2D eigenvalue weighted by Crippen LogP contribution is -2.50. The molecule has 118 valence electrons. The van der Waals surface area contributed by atoms with Crippen LogP contribution in [0.3, 0.4) is 0 Å². The molecule has 0 bridgehead atoms. The molecule has 1 aromatic carbocycles. The Morgan fingerprint density at radius 3 is 2.64 bits per heavy atom. The SMILES string of the molecule is CC(C)(C)N1CCC(NC(=O)c2n[nH]c3ccccc23)CC1. The van der Waals surface area contributed by atoms with Crippen molar-refractivity contribution in [2.45, 2.75) is 45.2 Å². The number of rotatable bonds is 2. The van der Waals surface area contributed by atoms with Crippen molar-refractivity contribution in [2.75, 3.05) is 13.1 Å². The van der Waals surface area contributed by atoms with Crippen molar-refractivity contribution in [3.63, 3.8) is 0 Å². The Hall–Kier alpha value is -1.88. The third-order valence-corrected chi connectivity index (χ3v) is 4.46. The summed E-state index contributed by atoms with van der Waals surface area (Å²) in [6, 6.07) is 7.96. The van der Waals surface area contributed by atoms with Gasteiger partial charge < -0.3 is 5.32 Å². The smallest absolute Gasteiger partial charge is 0.272 e. The topological polar surface area (TPSA) is 61.0 Å². The molecule has 0 spiro atoms. The summed E-state index contributed by atoms with van der Waals surface area (Å²) in [4.78, 5) is 14.9. The molecule has 0 unspecified atom stereocenters. The summed E-state index contributed by atoms with van der Waals surface area (Å²) < 4.78 is 0. The van der Waals surface area contributed by atoms with Gasteiger partial charge in [-0.05, 0) is 39.7 Å². The van der Waals surface area contributed by atoms with Crippen LogP contribution in [0.4, 0.5) is 0 Å². The summed E-state index contributed by atoms with van der Waals surface area (Å²) in [6.07, 6.45) is 1.98. The van der Waals surface area contributed by atoms with Crippen molar-refractivity contribution in [3.05, 3.63) is 30.0 Å². The Kier molecular flexibility index (Phi) is 3.91. The molecule has 1 aliphatic heterocycles. The Labute approximate surface area is 131 Å². The fraction of sp³-hybridized carbons (Fsp3) is 0.529. The van der Waals surface area contributed by atoms with E-state index in [0.717, 1.165) is 36.8 Å². The summed E-state index contributed by atoms with van der Waals surface area (Å²) in [5, 5.41) is 11.1. The molecule has 1 amide bonds. The molecule has 1 fully saturated rings. The van der Waals surface area contributed by atoms with E-state index in [0.29, 0.717) is 5.69 Å². The van der Waals surface area contributed by atoms with Crippen molar-refractivity contribution >= 4 is 16.8 Å². The summed E-state index contributed by atoms with van der Waals surface area (Å²) in [5.41, 5.74) is 1.59. The minimum Gasteiger partial charge on any atom is -0.348 e. The van der Waals surface area contributed by atoms with Gasteiger partial charge in [0.05, 0.1) is 5.52 Å². The quantitative estimate of drug-likeness (QED) is 0.896. The molecule has 0 aliphatic carbocycles. The summed E-state index contributed by atoms with van der Waals surface area (Å²) in [7, 11) is 0. The Morgan fingerprint density at radius 1 is 1.27 bits per heavy atom. The van der Waals surface area contributed by atoms with Gasteiger partial charge >= 0.3 is 0 Å². The van der Waals surface area contributed by atoms with Gasteiger partial charge in [-0.15, -0.1) is 0 Å². The van der Waals surface area contributed by atoms with E-state index < -0.39 is 0 Å². The minimum absolute atomic E-state index is 0.0772. The average Bonchev–Trinajstić information content (AvgIpc) is 2.91. The third-order valence-electron chi connectivity index (χ3n) is 4.46. The number of benzene rings is 1. The number of hydrogen-bond acceptors (Lipinski definition) is 3. The van der Waals surface area contributed by atoms with E-state index in [1.54, 1.807) is 0 Å². The van der Waals surface area contributed by atoms with Gasteiger partial charge in [-0.2, -0.15) is 5.10 Å². The second-order valence-electron chi connectivity index (χ2n) is 7.02. The number of carbonyl (C=O) groups is 1. The van der Waals surface area contributed by atoms with E-state index in [1.807, 2.05) is 24.3 Å². The monoisotopic (exact) mass is 300 g/mol. The molecule has 2 heterocycles. The van der Waals surface area contributed by atoms with E-state index in [4.69, 9.17) is 0 Å². The number of nitrogens with zero attached hydrogens (tertiary/aromatic N) is 2. The van der Waals surface area contributed by atoms with Crippen molar-refractivity contribution in [1.82, 2.24) is 20.4 Å². The third kappa shape index (κ3) is 2.99. The highest BCUT2D eigenvalue weighted by Gasteiger charge is 2.28. The van der Waals surface area contributed by atoms with Crippen LogP contribution < -0.4 is 5.32 Å². The predicted octanol–water partition coefficient (Wildman–Crippen LogP) is 2.56. The van der Waals surface area contributed by atoms with E-state index in [2.05, 4.69) is 41.2 Å². The minimum atomic E-state index is -0.0772. The van der Waals surface area contributed by atoms with E-state index in [-0.39, 0.29) is 17.5 Å². The molecule has 5 heteroatoms. The summed E-state index contributed by atoms with van der Waals surface area (Å²) in [5.74, 6) is -0.0772. The van der Waals surface area contributed by atoms with Crippen LogP contribution in [0.25, 0.3) is 10.9 Å².